The number of hydrogen-bond donors (Lipinski definition) is 1. The molecule has 0 bridgehead atoms. The summed E-state index contributed by atoms with van der Waals surface area (Å²) in [4.78, 5) is 17.0. The van der Waals surface area contributed by atoms with E-state index < -0.39 is 0 Å². The number of nitrogens with one attached hydrogen (secondary N) is 1. The van der Waals surface area contributed by atoms with Crippen molar-refractivity contribution < 1.29 is 9.21 Å². The van der Waals surface area contributed by atoms with Crippen molar-refractivity contribution >= 4 is 72.8 Å². The summed E-state index contributed by atoms with van der Waals surface area (Å²) >= 11 is 11.8. The first kappa shape index (κ1) is 18.5. The second kappa shape index (κ2) is 7.61. The highest BCUT2D eigenvalue weighted by Gasteiger charge is 2.14. The molecule has 0 aliphatic heterocycles. The third-order valence-electron chi connectivity index (χ3n) is 3.92. The molecule has 0 fully saturated rings. The third-order valence-corrected chi connectivity index (χ3v) is 5.69. The first-order chi connectivity index (χ1) is 13.0. The van der Waals surface area contributed by atoms with Gasteiger partial charge in [0.2, 0.25) is 5.89 Å². The lowest BCUT2D eigenvalue weighted by Gasteiger charge is -2.06. The second-order valence-corrected chi connectivity index (χ2v) is 8.24. The molecule has 1 aromatic heterocycles. The molecular weight excluding hydrogens is 542 g/mol. The van der Waals surface area contributed by atoms with Crippen LogP contribution in [-0.4, -0.2) is 10.9 Å². The van der Waals surface area contributed by atoms with E-state index in [1.807, 2.05) is 30.3 Å². The molecule has 1 amide bonds. The summed E-state index contributed by atoms with van der Waals surface area (Å²) in [6.07, 6.45) is 0. The summed E-state index contributed by atoms with van der Waals surface area (Å²) in [6, 6.07) is 18.3. The molecule has 0 radical (unpaired) electrons. The molecule has 27 heavy (non-hydrogen) atoms. The van der Waals surface area contributed by atoms with Gasteiger partial charge in [-0.25, -0.2) is 4.98 Å². The fraction of sp³-hybridized carbons (Fsp3) is 0. The molecular formula is C20H11BrClIN2O2. The number of rotatable bonds is 3. The van der Waals surface area contributed by atoms with Crippen LogP contribution in [0.25, 0.3) is 22.6 Å². The predicted octanol–water partition coefficient (Wildman–Crippen LogP) is 6.77. The molecule has 0 unspecified atom stereocenters. The normalized spacial score (nSPS) is 10.9. The van der Waals surface area contributed by atoms with Crippen LogP contribution in [0.3, 0.4) is 0 Å². The highest BCUT2D eigenvalue weighted by molar-refractivity contribution is 14.1. The Morgan fingerprint density at radius 2 is 1.93 bits per heavy atom. The standard InChI is InChI=1S/C20H11BrClIN2O2/c21-11-5-7-15(22)14(9-11)20-25-17-10-12(6-8-18(17)27-20)24-19(26)13-3-1-2-4-16(13)23/h1-10H,(H,24,26). The molecule has 0 atom stereocenters. The molecule has 0 aliphatic rings. The van der Waals surface area contributed by atoms with E-state index in [1.165, 1.54) is 0 Å². The maximum atomic E-state index is 12.5. The maximum absolute atomic E-state index is 12.5. The number of halogens is 3. The summed E-state index contributed by atoms with van der Waals surface area (Å²) in [6.45, 7) is 0. The van der Waals surface area contributed by atoms with E-state index in [4.69, 9.17) is 16.0 Å². The van der Waals surface area contributed by atoms with Gasteiger partial charge in [-0.05, 0) is 71.1 Å². The van der Waals surface area contributed by atoms with E-state index in [0.29, 0.717) is 38.8 Å². The minimum Gasteiger partial charge on any atom is -0.436 e. The van der Waals surface area contributed by atoms with Crippen LogP contribution < -0.4 is 5.32 Å². The van der Waals surface area contributed by atoms with Crippen molar-refractivity contribution in [2.24, 2.45) is 0 Å². The molecule has 134 valence electrons. The Balaban J connectivity index is 1.66. The Labute approximate surface area is 182 Å². The van der Waals surface area contributed by atoms with Gasteiger partial charge in [-0.2, -0.15) is 0 Å². The zero-order valence-corrected chi connectivity index (χ0v) is 18.2. The van der Waals surface area contributed by atoms with Crippen molar-refractivity contribution in [3.8, 4) is 11.5 Å². The van der Waals surface area contributed by atoms with Crippen LogP contribution in [0.15, 0.2) is 69.6 Å². The highest BCUT2D eigenvalue weighted by Crippen LogP contribution is 2.33. The molecule has 0 spiro atoms. The lowest BCUT2D eigenvalue weighted by Crippen LogP contribution is -2.13. The van der Waals surface area contributed by atoms with Crippen molar-refractivity contribution in [3.63, 3.8) is 0 Å². The van der Waals surface area contributed by atoms with E-state index in [9.17, 15) is 4.79 Å². The molecule has 0 saturated carbocycles. The molecule has 7 heteroatoms. The maximum Gasteiger partial charge on any atom is 0.256 e. The molecule has 0 aliphatic carbocycles. The van der Waals surface area contributed by atoms with Gasteiger partial charge >= 0.3 is 0 Å². The Bertz CT molecular complexity index is 1180. The number of nitrogens with zero attached hydrogens (tertiary/aromatic N) is 1. The number of carbonyl (C=O) groups is 1. The Morgan fingerprint density at radius 1 is 1.11 bits per heavy atom. The monoisotopic (exact) mass is 552 g/mol. The number of amides is 1. The second-order valence-electron chi connectivity index (χ2n) is 5.76. The Morgan fingerprint density at radius 3 is 2.74 bits per heavy atom. The average Bonchev–Trinajstić information content (AvgIpc) is 3.07. The molecule has 4 nitrogen and oxygen atoms in total. The van der Waals surface area contributed by atoms with Gasteiger partial charge in [0, 0.05) is 13.7 Å². The first-order valence-electron chi connectivity index (χ1n) is 7.93. The van der Waals surface area contributed by atoms with Gasteiger partial charge < -0.3 is 9.73 Å². The van der Waals surface area contributed by atoms with Crippen molar-refractivity contribution in [2.45, 2.75) is 0 Å². The fourth-order valence-corrected chi connectivity index (χ4v) is 3.82. The van der Waals surface area contributed by atoms with Crippen LogP contribution in [0.2, 0.25) is 5.02 Å². The summed E-state index contributed by atoms with van der Waals surface area (Å²) < 4.78 is 7.60. The summed E-state index contributed by atoms with van der Waals surface area (Å²) in [5.74, 6) is 0.260. The minimum atomic E-state index is -0.168. The lowest BCUT2D eigenvalue weighted by atomic mass is 10.2. The van der Waals surface area contributed by atoms with Gasteiger partial charge in [0.1, 0.15) is 5.52 Å². The average molecular weight is 554 g/mol. The highest BCUT2D eigenvalue weighted by atomic mass is 127. The smallest absolute Gasteiger partial charge is 0.256 e. The fourth-order valence-electron chi connectivity index (χ4n) is 2.63. The zero-order chi connectivity index (χ0) is 19.0. The first-order valence-corrected chi connectivity index (χ1v) is 10.2. The number of carbonyl (C=O) groups excluding carboxylic acids is 1. The number of anilines is 1. The lowest BCUT2D eigenvalue weighted by molar-refractivity contribution is 0.102. The summed E-state index contributed by atoms with van der Waals surface area (Å²) in [5.41, 5.74) is 3.23. The van der Waals surface area contributed by atoms with Gasteiger partial charge in [-0.15, -0.1) is 0 Å². The number of aromatic nitrogens is 1. The van der Waals surface area contributed by atoms with Gasteiger partial charge in [0.15, 0.2) is 5.58 Å². The summed E-state index contributed by atoms with van der Waals surface area (Å²) in [7, 11) is 0. The van der Waals surface area contributed by atoms with Crippen LogP contribution >= 0.6 is 50.1 Å². The van der Waals surface area contributed by atoms with Gasteiger partial charge in [-0.3, -0.25) is 4.79 Å². The Kier molecular flexibility index (Phi) is 5.21. The largest absolute Gasteiger partial charge is 0.436 e. The molecule has 1 N–H and O–H groups in total. The van der Waals surface area contributed by atoms with Crippen molar-refractivity contribution in [2.75, 3.05) is 5.32 Å². The van der Waals surface area contributed by atoms with Crippen LogP contribution in [-0.2, 0) is 0 Å². The predicted molar refractivity (Wildman–Crippen MR) is 119 cm³/mol. The number of benzene rings is 3. The van der Waals surface area contributed by atoms with Crippen molar-refractivity contribution in [1.29, 1.82) is 0 Å². The number of fused-ring (bicyclic) bond motifs is 1. The molecule has 0 saturated heterocycles. The number of hydrogen-bond acceptors (Lipinski definition) is 3. The SMILES string of the molecule is O=C(Nc1ccc2oc(-c3cc(Br)ccc3Cl)nc2c1)c1ccccc1I. The van der Waals surface area contributed by atoms with E-state index in [0.717, 1.165) is 8.04 Å². The molecule has 4 aromatic rings. The Hall–Kier alpha value is -1.90. The minimum absolute atomic E-state index is 0.168. The van der Waals surface area contributed by atoms with Crippen molar-refractivity contribution in [1.82, 2.24) is 4.98 Å². The van der Waals surface area contributed by atoms with Gasteiger partial charge in [0.25, 0.3) is 5.91 Å². The van der Waals surface area contributed by atoms with Crippen LogP contribution in [0.5, 0.6) is 0 Å². The summed E-state index contributed by atoms with van der Waals surface area (Å²) in [5, 5.41) is 3.45. The van der Waals surface area contributed by atoms with Crippen LogP contribution in [0, 0.1) is 3.57 Å². The van der Waals surface area contributed by atoms with E-state index in [1.54, 1.807) is 30.3 Å². The van der Waals surface area contributed by atoms with Gasteiger partial charge in [0.05, 0.1) is 16.1 Å². The number of oxazole rings is 1. The van der Waals surface area contributed by atoms with E-state index in [2.05, 4.69) is 48.8 Å². The van der Waals surface area contributed by atoms with E-state index >= 15 is 0 Å². The van der Waals surface area contributed by atoms with Crippen LogP contribution in [0.1, 0.15) is 10.4 Å². The molecule has 4 rings (SSSR count). The van der Waals surface area contributed by atoms with E-state index in [-0.39, 0.29) is 5.91 Å². The van der Waals surface area contributed by atoms with Crippen LogP contribution in [0.4, 0.5) is 5.69 Å². The van der Waals surface area contributed by atoms with Crippen molar-refractivity contribution in [3.05, 3.63) is 79.3 Å². The topological polar surface area (TPSA) is 55.1 Å². The molecule has 1 heterocycles. The van der Waals surface area contributed by atoms with Gasteiger partial charge in [-0.1, -0.05) is 39.7 Å². The zero-order valence-electron chi connectivity index (χ0n) is 13.7. The molecule has 3 aromatic carbocycles. The quantitative estimate of drug-likeness (QED) is 0.285. The third kappa shape index (κ3) is 3.88.